The summed E-state index contributed by atoms with van der Waals surface area (Å²) in [6.45, 7) is 2.01. The second-order valence-electron chi connectivity index (χ2n) is 8.52. The van der Waals surface area contributed by atoms with E-state index < -0.39 is 16.2 Å². The maximum absolute atomic E-state index is 13.4. The van der Waals surface area contributed by atoms with Crippen molar-refractivity contribution in [3.05, 3.63) is 108 Å². The highest BCUT2D eigenvalue weighted by Gasteiger charge is 2.25. The third kappa shape index (κ3) is 3.50. The molecule has 9 heteroatoms. The predicted molar refractivity (Wildman–Crippen MR) is 140 cm³/mol. The first-order valence-corrected chi connectivity index (χ1v) is 11.7. The van der Waals surface area contributed by atoms with Gasteiger partial charge < -0.3 is 4.57 Å². The molecule has 35 heavy (non-hydrogen) atoms. The highest BCUT2D eigenvalue weighted by molar-refractivity contribution is 9.10. The molecule has 0 N–H and O–H groups in total. The summed E-state index contributed by atoms with van der Waals surface area (Å²) in [5, 5.41) is 14.0. The number of hydrogen-bond acceptors (Lipinski definition) is 4. The Hall–Kier alpha value is -3.98. The minimum atomic E-state index is -0.465. The van der Waals surface area contributed by atoms with Crippen LogP contribution in [0.1, 0.15) is 18.5 Å². The van der Waals surface area contributed by atoms with Gasteiger partial charge in [-0.05, 0) is 29.3 Å². The first-order valence-electron chi connectivity index (χ1n) is 10.9. The van der Waals surface area contributed by atoms with Crippen molar-refractivity contribution in [1.82, 2.24) is 13.7 Å². The average Bonchev–Trinajstić information content (AvgIpc) is 3.26. The zero-order chi connectivity index (χ0) is 25.0. The fraction of sp³-hybridized carbons (Fsp3) is 0.154. The maximum atomic E-state index is 13.4. The van der Waals surface area contributed by atoms with Crippen molar-refractivity contribution in [2.75, 3.05) is 0 Å². The molecule has 2 aromatic heterocycles. The SMILES string of the molecule is CC(c1cccc2ccccc12)n1cc2c(c1-c1cc([N+](=O)[O-])ccc1Br)c(=O)n(C)c(=O)n2C. The van der Waals surface area contributed by atoms with E-state index in [1.165, 1.54) is 23.7 Å². The summed E-state index contributed by atoms with van der Waals surface area (Å²) in [6.07, 6.45) is 1.78. The van der Waals surface area contributed by atoms with Gasteiger partial charge in [0.2, 0.25) is 0 Å². The normalized spacial score (nSPS) is 12.3. The molecule has 0 saturated carbocycles. The van der Waals surface area contributed by atoms with E-state index in [1.807, 2.05) is 54.0 Å². The van der Waals surface area contributed by atoms with Gasteiger partial charge in [-0.3, -0.25) is 24.0 Å². The van der Waals surface area contributed by atoms with Crippen LogP contribution < -0.4 is 11.2 Å². The molecule has 0 spiro atoms. The zero-order valence-electron chi connectivity index (χ0n) is 19.2. The molecule has 176 valence electrons. The van der Waals surface area contributed by atoms with Crippen LogP contribution in [0.15, 0.2) is 80.9 Å². The fourth-order valence-corrected chi connectivity index (χ4v) is 5.15. The molecular weight excluding hydrogens is 512 g/mol. The van der Waals surface area contributed by atoms with Gasteiger partial charge in [-0.25, -0.2) is 4.79 Å². The van der Waals surface area contributed by atoms with Crippen molar-refractivity contribution < 1.29 is 4.92 Å². The number of aromatic nitrogens is 3. The number of nitro groups is 1. The van der Waals surface area contributed by atoms with E-state index in [0.717, 1.165) is 20.9 Å². The van der Waals surface area contributed by atoms with Gasteiger partial charge >= 0.3 is 5.69 Å². The molecular formula is C26H21BrN4O4. The first-order chi connectivity index (χ1) is 16.7. The minimum Gasteiger partial charge on any atom is -0.337 e. The Kier molecular flexibility index (Phi) is 5.44. The molecule has 8 nitrogen and oxygen atoms in total. The number of nitrogens with zero attached hydrogens (tertiary/aromatic N) is 4. The smallest absolute Gasteiger partial charge is 0.330 e. The van der Waals surface area contributed by atoms with Crippen molar-refractivity contribution >= 4 is 43.3 Å². The van der Waals surface area contributed by atoms with E-state index in [2.05, 4.69) is 15.9 Å². The molecule has 0 bridgehead atoms. The monoisotopic (exact) mass is 532 g/mol. The predicted octanol–water partition coefficient (Wildman–Crippen LogP) is 5.14. The van der Waals surface area contributed by atoms with Crippen LogP contribution in [0.4, 0.5) is 5.69 Å². The van der Waals surface area contributed by atoms with Gasteiger partial charge in [-0.1, -0.05) is 58.4 Å². The summed E-state index contributed by atoms with van der Waals surface area (Å²) in [7, 11) is 3.05. The van der Waals surface area contributed by atoms with Crippen LogP contribution in [0.5, 0.6) is 0 Å². The average molecular weight is 533 g/mol. The zero-order valence-corrected chi connectivity index (χ0v) is 20.8. The Bertz CT molecular complexity index is 1780. The molecule has 0 aliphatic rings. The van der Waals surface area contributed by atoms with Gasteiger partial charge in [0, 0.05) is 42.5 Å². The highest BCUT2D eigenvalue weighted by Crippen LogP contribution is 2.39. The maximum Gasteiger partial charge on any atom is 0.330 e. The molecule has 0 saturated heterocycles. The van der Waals surface area contributed by atoms with Crippen LogP contribution in [0.3, 0.4) is 0 Å². The van der Waals surface area contributed by atoms with Crippen LogP contribution >= 0.6 is 15.9 Å². The van der Waals surface area contributed by atoms with E-state index in [-0.39, 0.29) is 11.7 Å². The Balaban J connectivity index is 1.92. The van der Waals surface area contributed by atoms with Crippen molar-refractivity contribution in [3.8, 4) is 11.3 Å². The lowest BCUT2D eigenvalue weighted by Gasteiger charge is -2.20. The summed E-state index contributed by atoms with van der Waals surface area (Å²) >= 11 is 3.53. The number of rotatable bonds is 4. The van der Waals surface area contributed by atoms with Gasteiger partial charge in [0.05, 0.1) is 27.6 Å². The van der Waals surface area contributed by atoms with Crippen molar-refractivity contribution in [2.45, 2.75) is 13.0 Å². The molecule has 0 aliphatic heterocycles. The van der Waals surface area contributed by atoms with Gasteiger partial charge in [-0.15, -0.1) is 0 Å². The second-order valence-corrected chi connectivity index (χ2v) is 9.37. The summed E-state index contributed by atoms with van der Waals surface area (Å²) in [5.74, 6) is 0. The number of aryl methyl sites for hydroxylation is 1. The largest absolute Gasteiger partial charge is 0.337 e. The summed E-state index contributed by atoms with van der Waals surface area (Å²) < 4.78 is 5.02. The Morgan fingerprint density at radius 1 is 0.971 bits per heavy atom. The Morgan fingerprint density at radius 2 is 1.69 bits per heavy atom. The molecule has 3 aromatic carbocycles. The van der Waals surface area contributed by atoms with Gasteiger partial charge in [-0.2, -0.15) is 0 Å². The lowest BCUT2D eigenvalue weighted by atomic mass is 9.99. The fourth-order valence-electron chi connectivity index (χ4n) is 4.71. The standard InChI is InChI=1S/C26H21BrN4O4/c1-15(18-10-6-8-16-7-4-5-9-19(16)18)30-14-22-23(25(32)29(3)26(33)28(22)2)24(30)20-13-17(31(34)35)11-12-21(20)27/h4-15H,1-3H3. The van der Waals surface area contributed by atoms with Crippen molar-refractivity contribution in [2.24, 2.45) is 14.1 Å². The summed E-state index contributed by atoms with van der Waals surface area (Å²) in [6, 6.07) is 18.3. The number of hydrogen-bond donors (Lipinski definition) is 0. The lowest BCUT2D eigenvalue weighted by Crippen LogP contribution is -2.36. The number of fused-ring (bicyclic) bond motifs is 2. The van der Waals surface area contributed by atoms with E-state index in [4.69, 9.17) is 0 Å². The number of benzene rings is 3. The van der Waals surface area contributed by atoms with E-state index in [9.17, 15) is 19.7 Å². The van der Waals surface area contributed by atoms with Crippen LogP contribution in [0, 0.1) is 10.1 Å². The molecule has 0 fully saturated rings. The van der Waals surface area contributed by atoms with Crippen LogP contribution in [-0.4, -0.2) is 18.6 Å². The molecule has 0 radical (unpaired) electrons. The van der Waals surface area contributed by atoms with Crippen LogP contribution in [0.2, 0.25) is 0 Å². The Labute approximate surface area is 207 Å². The molecule has 0 aliphatic carbocycles. The molecule has 5 aromatic rings. The van der Waals surface area contributed by atoms with E-state index in [0.29, 0.717) is 26.6 Å². The Morgan fingerprint density at radius 3 is 2.43 bits per heavy atom. The van der Waals surface area contributed by atoms with E-state index >= 15 is 0 Å². The number of non-ortho nitro benzene ring substituents is 1. The minimum absolute atomic E-state index is 0.0939. The molecule has 2 heterocycles. The summed E-state index contributed by atoms with van der Waals surface area (Å²) in [5.41, 5.74) is 1.49. The van der Waals surface area contributed by atoms with Crippen LogP contribution in [0.25, 0.3) is 32.9 Å². The number of nitro benzene ring substituents is 1. The van der Waals surface area contributed by atoms with Crippen molar-refractivity contribution in [3.63, 3.8) is 0 Å². The summed E-state index contributed by atoms with van der Waals surface area (Å²) in [4.78, 5) is 37.2. The second kappa shape index (κ2) is 8.35. The number of halogens is 1. The molecule has 0 amide bonds. The highest BCUT2D eigenvalue weighted by atomic mass is 79.9. The quantitative estimate of drug-likeness (QED) is 0.236. The molecule has 5 rings (SSSR count). The molecule has 1 unspecified atom stereocenters. The lowest BCUT2D eigenvalue weighted by molar-refractivity contribution is -0.384. The van der Waals surface area contributed by atoms with Crippen molar-refractivity contribution in [1.29, 1.82) is 0 Å². The van der Waals surface area contributed by atoms with E-state index in [1.54, 1.807) is 19.3 Å². The van der Waals surface area contributed by atoms with Gasteiger partial charge in [0.1, 0.15) is 0 Å². The van der Waals surface area contributed by atoms with Gasteiger partial charge in [0.15, 0.2) is 0 Å². The topological polar surface area (TPSA) is 92.1 Å². The third-order valence-electron chi connectivity index (χ3n) is 6.57. The van der Waals surface area contributed by atoms with Crippen LogP contribution in [-0.2, 0) is 14.1 Å². The first kappa shape index (κ1) is 22.8. The third-order valence-corrected chi connectivity index (χ3v) is 7.26. The van der Waals surface area contributed by atoms with Gasteiger partial charge in [0.25, 0.3) is 11.2 Å². The molecule has 1 atom stereocenters.